The van der Waals surface area contributed by atoms with Crippen LogP contribution in [0.15, 0.2) is 34.9 Å². The topological polar surface area (TPSA) is 67.6 Å². The van der Waals surface area contributed by atoms with Crippen molar-refractivity contribution in [1.82, 2.24) is 15.4 Å². The Labute approximate surface area is 164 Å². The summed E-state index contributed by atoms with van der Waals surface area (Å²) in [7, 11) is 1.66. The molecule has 1 amide bonds. The van der Waals surface area contributed by atoms with Crippen LogP contribution < -0.4 is 10.1 Å². The van der Waals surface area contributed by atoms with Crippen LogP contribution >= 0.6 is 11.6 Å². The predicted molar refractivity (Wildman–Crippen MR) is 104 cm³/mol. The van der Waals surface area contributed by atoms with Gasteiger partial charge in [-0.3, -0.25) is 4.79 Å². The average Bonchev–Trinajstić information content (AvgIpc) is 3.26. The SMILES string of the molecule is CCCN1C[C@H](NC(=O)CCc2cc(Cl)no2)[C@@H](c2ccc(OC)cc2)C1. The molecule has 1 aromatic heterocycles. The molecule has 1 aliphatic rings. The maximum absolute atomic E-state index is 12.5. The lowest BCUT2D eigenvalue weighted by Gasteiger charge is -2.20. The van der Waals surface area contributed by atoms with Crippen molar-refractivity contribution in [3.05, 3.63) is 46.8 Å². The average molecular weight is 392 g/mol. The predicted octanol–water partition coefficient (Wildman–Crippen LogP) is 3.26. The summed E-state index contributed by atoms with van der Waals surface area (Å²) in [6.07, 6.45) is 1.94. The highest BCUT2D eigenvalue weighted by Gasteiger charge is 2.34. The Morgan fingerprint density at radius 3 is 2.78 bits per heavy atom. The number of ether oxygens (including phenoxy) is 1. The maximum Gasteiger partial charge on any atom is 0.220 e. The summed E-state index contributed by atoms with van der Waals surface area (Å²) < 4.78 is 10.3. The standard InChI is InChI=1S/C20H26ClN3O3/c1-3-10-24-12-17(14-4-6-15(26-2)7-5-14)18(13-24)22-20(25)9-8-16-11-19(21)23-27-16/h4-7,11,17-18H,3,8-10,12-13H2,1-2H3,(H,22,25)/t17-,18+/m1/s1. The van der Waals surface area contributed by atoms with E-state index in [0.717, 1.165) is 31.8 Å². The quantitative estimate of drug-likeness (QED) is 0.748. The van der Waals surface area contributed by atoms with Gasteiger partial charge in [0.25, 0.3) is 0 Å². The van der Waals surface area contributed by atoms with Crippen molar-refractivity contribution in [3.63, 3.8) is 0 Å². The number of likely N-dealkylation sites (tertiary alicyclic amines) is 1. The lowest BCUT2D eigenvalue weighted by atomic mass is 9.94. The first-order valence-corrected chi connectivity index (χ1v) is 9.73. The van der Waals surface area contributed by atoms with E-state index < -0.39 is 0 Å². The number of benzene rings is 1. The zero-order chi connectivity index (χ0) is 19.2. The number of nitrogens with one attached hydrogen (secondary N) is 1. The molecule has 1 aromatic carbocycles. The highest BCUT2D eigenvalue weighted by atomic mass is 35.5. The fourth-order valence-electron chi connectivity index (χ4n) is 3.64. The van der Waals surface area contributed by atoms with Crippen molar-refractivity contribution < 1.29 is 14.1 Å². The van der Waals surface area contributed by atoms with Gasteiger partial charge in [0, 0.05) is 44.0 Å². The van der Waals surface area contributed by atoms with E-state index in [1.807, 2.05) is 12.1 Å². The number of carbonyl (C=O) groups excluding carboxylic acids is 1. The molecule has 0 spiro atoms. The van der Waals surface area contributed by atoms with E-state index in [2.05, 4.69) is 34.4 Å². The first-order chi connectivity index (χ1) is 13.1. The number of carbonyl (C=O) groups is 1. The van der Waals surface area contributed by atoms with Crippen molar-refractivity contribution in [2.45, 2.75) is 38.1 Å². The summed E-state index contributed by atoms with van der Waals surface area (Å²) in [5.74, 6) is 1.75. The molecule has 6 nitrogen and oxygen atoms in total. The van der Waals surface area contributed by atoms with Gasteiger partial charge in [0.15, 0.2) is 5.15 Å². The zero-order valence-corrected chi connectivity index (χ0v) is 16.5. The Balaban J connectivity index is 1.63. The van der Waals surface area contributed by atoms with Crippen molar-refractivity contribution in [1.29, 1.82) is 0 Å². The van der Waals surface area contributed by atoms with Gasteiger partial charge in [-0.05, 0) is 30.7 Å². The summed E-state index contributed by atoms with van der Waals surface area (Å²) in [6, 6.07) is 9.88. The van der Waals surface area contributed by atoms with Gasteiger partial charge in [-0.1, -0.05) is 35.8 Å². The zero-order valence-electron chi connectivity index (χ0n) is 15.8. The van der Waals surface area contributed by atoms with E-state index in [1.54, 1.807) is 13.2 Å². The number of methoxy groups -OCH3 is 1. The molecule has 2 heterocycles. The van der Waals surface area contributed by atoms with Gasteiger partial charge in [0.1, 0.15) is 11.5 Å². The highest BCUT2D eigenvalue weighted by molar-refractivity contribution is 6.29. The van der Waals surface area contributed by atoms with E-state index in [-0.39, 0.29) is 17.9 Å². The van der Waals surface area contributed by atoms with Crippen LogP contribution in [0.5, 0.6) is 5.75 Å². The molecule has 0 aliphatic carbocycles. The van der Waals surface area contributed by atoms with Gasteiger partial charge in [0.2, 0.25) is 5.91 Å². The van der Waals surface area contributed by atoms with E-state index in [1.165, 1.54) is 5.56 Å². The number of aromatic nitrogens is 1. The molecule has 146 valence electrons. The van der Waals surface area contributed by atoms with Gasteiger partial charge >= 0.3 is 0 Å². The molecule has 0 radical (unpaired) electrons. The molecule has 1 N–H and O–H groups in total. The maximum atomic E-state index is 12.5. The minimum Gasteiger partial charge on any atom is -0.497 e. The molecule has 0 unspecified atom stereocenters. The molecule has 1 fully saturated rings. The number of hydrogen-bond donors (Lipinski definition) is 1. The summed E-state index contributed by atoms with van der Waals surface area (Å²) in [6.45, 7) is 5.03. The Morgan fingerprint density at radius 2 is 2.15 bits per heavy atom. The Morgan fingerprint density at radius 1 is 1.37 bits per heavy atom. The summed E-state index contributed by atoms with van der Waals surface area (Å²) in [4.78, 5) is 14.9. The molecule has 1 saturated heterocycles. The first-order valence-electron chi connectivity index (χ1n) is 9.35. The third-order valence-corrected chi connectivity index (χ3v) is 5.13. The van der Waals surface area contributed by atoms with Gasteiger partial charge in [0.05, 0.1) is 7.11 Å². The van der Waals surface area contributed by atoms with Crippen LogP contribution in [-0.2, 0) is 11.2 Å². The summed E-state index contributed by atoms with van der Waals surface area (Å²) in [5.41, 5.74) is 1.22. The number of rotatable bonds is 8. The minimum absolute atomic E-state index is 0.0179. The van der Waals surface area contributed by atoms with E-state index in [0.29, 0.717) is 23.8 Å². The van der Waals surface area contributed by atoms with Crippen LogP contribution in [-0.4, -0.2) is 48.7 Å². The molecule has 2 atom stereocenters. The third kappa shape index (κ3) is 5.23. The second-order valence-electron chi connectivity index (χ2n) is 6.93. The third-order valence-electron chi connectivity index (χ3n) is 4.95. The second kappa shape index (κ2) is 9.24. The molecular weight excluding hydrogens is 366 g/mol. The van der Waals surface area contributed by atoms with Gasteiger partial charge < -0.3 is 19.5 Å². The molecular formula is C20H26ClN3O3. The largest absolute Gasteiger partial charge is 0.497 e. The van der Waals surface area contributed by atoms with Crippen molar-refractivity contribution in [3.8, 4) is 5.75 Å². The smallest absolute Gasteiger partial charge is 0.220 e. The minimum atomic E-state index is 0.0179. The Bertz CT molecular complexity index is 747. The molecule has 27 heavy (non-hydrogen) atoms. The van der Waals surface area contributed by atoms with Gasteiger partial charge in [-0.25, -0.2) is 0 Å². The first kappa shape index (κ1) is 19.7. The van der Waals surface area contributed by atoms with Crippen LogP contribution in [0.25, 0.3) is 0 Å². The fraction of sp³-hybridized carbons (Fsp3) is 0.500. The number of amides is 1. The lowest BCUT2D eigenvalue weighted by molar-refractivity contribution is -0.121. The van der Waals surface area contributed by atoms with E-state index >= 15 is 0 Å². The summed E-state index contributed by atoms with van der Waals surface area (Å²) in [5, 5.41) is 7.17. The Kier molecular flexibility index (Phi) is 6.74. The van der Waals surface area contributed by atoms with Crippen LogP contribution in [0.1, 0.15) is 37.0 Å². The van der Waals surface area contributed by atoms with Crippen LogP contribution in [0.3, 0.4) is 0 Å². The molecule has 1 aliphatic heterocycles. The lowest BCUT2D eigenvalue weighted by Crippen LogP contribution is -2.40. The van der Waals surface area contributed by atoms with E-state index in [4.69, 9.17) is 20.9 Å². The number of aryl methyl sites for hydroxylation is 1. The number of hydrogen-bond acceptors (Lipinski definition) is 5. The molecule has 7 heteroatoms. The highest BCUT2D eigenvalue weighted by Crippen LogP contribution is 2.29. The van der Waals surface area contributed by atoms with Gasteiger partial charge in [-0.15, -0.1) is 0 Å². The number of halogens is 1. The van der Waals surface area contributed by atoms with Crippen LogP contribution in [0.4, 0.5) is 0 Å². The second-order valence-corrected chi connectivity index (χ2v) is 7.32. The van der Waals surface area contributed by atoms with Crippen molar-refractivity contribution >= 4 is 17.5 Å². The molecule has 3 rings (SSSR count). The van der Waals surface area contributed by atoms with Gasteiger partial charge in [-0.2, -0.15) is 0 Å². The molecule has 0 saturated carbocycles. The molecule has 2 aromatic rings. The van der Waals surface area contributed by atoms with Crippen LogP contribution in [0, 0.1) is 0 Å². The molecule has 0 bridgehead atoms. The van der Waals surface area contributed by atoms with E-state index in [9.17, 15) is 4.79 Å². The normalized spacial score (nSPS) is 20.0. The van der Waals surface area contributed by atoms with Crippen LogP contribution in [0.2, 0.25) is 5.15 Å². The number of nitrogens with zero attached hydrogens (tertiary/aromatic N) is 2. The monoisotopic (exact) mass is 391 g/mol. The van der Waals surface area contributed by atoms with Crippen molar-refractivity contribution in [2.75, 3.05) is 26.7 Å². The Hall–Kier alpha value is -2.05. The fourth-order valence-corrected chi connectivity index (χ4v) is 3.80. The van der Waals surface area contributed by atoms with Crippen molar-refractivity contribution in [2.24, 2.45) is 0 Å². The summed E-state index contributed by atoms with van der Waals surface area (Å²) >= 11 is 5.75.